The fourth-order valence-electron chi connectivity index (χ4n) is 4.90. The van der Waals surface area contributed by atoms with E-state index in [1.165, 1.54) is 13.0 Å². The number of carboxylic acid groups (broad SMARTS) is 1. The van der Waals surface area contributed by atoms with Crippen LogP contribution in [0.3, 0.4) is 0 Å². The monoisotopic (exact) mass is 433 g/mol. The van der Waals surface area contributed by atoms with Gasteiger partial charge in [0.15, 0.2) is 11.8 Å². The lowest BCUT2D eigenvalue weighted by Gasteiger charge is -2.38. The van der Waals surface area contributed by atoms with Crippen LogP contribution in [-0.4, -0.2) is 50.4 Å². The first-order valence-corrected chi connectivity index (χ1v) is 10.5. The van der Waals surface area contributed by atoms with Crippen LogP contribution in [-0.2, 0) is 16.0 Å². The van der Waals surface area contributed by atoms with Gasteiger partial charge < -0.3 is 15.2 Å². The van der Waals surface area contributed by atoms with Crippen molar-refractivity contribution in [2.75, 3.05) is 13.1 Å². The van der Waals surface area contributed by atoms with Crippen LogP contribution in [0.2, 0.25) is 0 Å². The molecule has 0 saturated heterocycles. The maximum absolute atomic E-state index is 13.4. The number of aromatic amines is 1. The number of aromatic carboxylic acids is 1. The van der Waals surface area contributed by atoms with Crippen LogP contribution in [0, 0.1) is 0 Å². The Balaban J connectivity index is 1.84. The van der Waals surface area contributed by atoms with Gasteiger partial charge in [-0.1, -0.05) is 36.4 Å². The average molecular weight is 433 g/mol. The number of nitrogens with one attached hydrogen (secondary N) is 1. The largest absolute Gasteiger partial charge is 0.500 e. The molecule has 2 heterocycles. The summed E-state index contributed by atoms with van der Waals surface area (Å²) < 4.78 is -0.245. The predicted molar refractivity (Wildman–Crippen MR) is 119 cm³/mol. The van der Waals surface area contributed by atoms with Crippen molar-refractivity contribution in [1.82, 2.24) is 4.98 Å². The highest BCUT2D eigenvalue weighted by atomic mass is 16.4. The molecule has 0 saturated carbocycles. The average Bonchev–Trinajstić information content (AvgIpc) is 3.30. The van der Waals surface area contributed by atoms with Crippen molar-refractivity contribution < 1.29 is 29.1 Å². The van der Waals surface area contributed by atoms with E-state index in [2.05, 4.69) is 4.98 Å². The Morgan fingerprint density at radius 2 is 1.78 bits per heavy atom. The molecule has 1 aliphatic heterocycles. The van der Waals surface area contributed by atoms with Gasteiger partial charge in [0, 0.05) is 29.1 Å². The van der Waals surface area contributed by atoms with E-state index in [9.17, 15) is 24.6 Å². The van der Waals surface area contributed by atoms with Gasteiger partial charge in [-0.2, -0.15) is 0 Å². The second-order valence-corrected chi connectivity index (χ2v) is 8.10. The molecule has 7 nitrogen and oxygen atoms in total. The van der Waals surface area contributed by atoms with E-state index in [-0.39, 0.29) is 15.6 Å². The maximum atomic E-state index is 13.4. The maximum Gasteiger partial charge on any atom is 0.382 e. The molecule has 4 rings (SSSR count). The van der Waals surface area contributed by atoms with E-state index in [0.717, 1.165) is 16.5 Å². The van der Waals surface area contributed by atoms with Gasteiger partial charge in [-0.3, -0.25) is 4.79 Å². The first kappa shape index (κ1) is 21.5. The second kappa shape index (κ2) is 8.09. The second-order valence-electron chi connectivity index (χ2n) is 8.10. The molecule has 2 unspecified atom stereocenters. The van der Waals surface area contributed by atoms with Crippen molar-refractivity contribution in [3.8, 4) is 0 Å². The number of hydrogen-bond donors (Lipinski definition) is 3. The highest BCUT2D eigenvalue weighted by Gasteiger charge is 2.57. The number of likely N-dealkylation sites (N-methyl/N-ethyl adjacent to an activating group) is 1. The third-order valence-electron chi connectivity index (χ3n) is 6.51. The molecule has 32 heavy (non-hydrogen) atoms. The van der Waals surface area contributed by atoms with Crippen molar-refractivity contribution in [2.24, 2.45) is 0 Å². The van der Waals surface area contributed by atoms with Crippen molar-refractivity contribution in [3.05, 3.63) is 82.8 Å². The number of aliphatic hydroxyl groups is 1. The quantitative estimate of drug-likeness (QED) is 0.490. The van der Waals surface area contributed by atoms with Gasteiger partial charge in [0.25, 0.3) is 0 Å². The highest BCUT2D eigenvalue weighted by Crippen LogP contribution is 2.45. The molecule has 2 aromatic carbocycles. The number of H-pyrrole nitrogens is 1. The van der Waals surface area contributed by atoms with E-state index in [0.29, 0.717) is 25.1 Å². The third kappa shape index (κ3) is 3.22. The summed E-state index contributed by atoms with van der Waals surface area (Å²) in [7, 11) is 0. The summed E-state index contributed by atoms with van der Waals surface area (Å²) in [6, 6.07) is 13.3. The van der Waals surface area contributed by atoms with E-state index in [1.54, 1.807) is 18.2 Å². The fraction of sp³-hybridized carbons (Fsp3) is 0.240. The molecule has 164 valence electrons. The number of aromatic nitrogens is 1. The topological polar surface area (TPSA) is 107 Å². The molecule has 0 bridgehead atoms. The lowest BCUT2D eigenvalue weighted by molar-refractivity contribution is -0.872. The normalized spacial score (nSPS) is 20.8. The number of para-hydroxylation sites is 1. The zero-order valence-electron chi connectivity index (χ0n) is 18.0. The van der Waals surface area contributed by atoms with Crippen molar-refractivity contribution in [3.63, 3.8) is 0 Å². The number of ketones is 1. The summed E-state index contributed by atoms with van der Waals surface area (Å²) in [5, 5.41) is 21.5. The Hall–Kier alpha value is -3.71. The van der Waals surface area contributed by atoms with Gasteiger partial charge >= 0.3 is 11.9 Å². The molecule has 3 N–H and O–H groups in total. The van der Waals surface area contributed by atoms with Gasteiger partial charge in [-0.25, -0.2) is 14.1 Å². The van der Waals surface area contributed by atoms with Crippen LogP contribution < -0.4 is 0 Å². The summed E-state index contributed by atoms with van der Waals surface area (Å²) in [5.41, 5.74) is 2.34. The van der Waals surface area contributed by atoms with Crippen LogP contribution in [0.15, 0.2) is 66.1 Å². The molecule has 3 aromatic rings. The zero-order chi connectivity index (χ0) is 23.0. The van der Waals surface area contributed by atoms with Crippen LogP contribution >= 0.6 is 0 Å². The lowest BCUT2D eigenvalue weighted by Crippen LogP contribution is -2.53. The standard InChI is InChI=1S/C25H24N2O5/c1-3-27(13-12-16-14-26-20-11-7-6-8-17(16)20)22(21(15(2)28)23(29)24(27)30)18-9-4-5-10-19(18)25(31)32/h4-11,14,22,26H,3,12-13H2,1-2H3,(H-,28,29,31,32)/p+1. The minimum absolute atomic E-state index is 0.0156. The number of rotatable bonds is 7. The number of fused-ring (bicyclic) bond motifs is 1. The number of carbonyl (C=O) groups is 3. The predicted octanol–water partition coefficient (Wildman–Crippen LogP) is 3.93. The van der Waals surface area contributed by atoms with Gasteiger partial charge in [0.1, 0.15) is 5.57 Å². The smallest absolute Gasteiger partial charge is 0.382 e. The minimum atomic E-state index is -1.15. The third-order valence-corrected chi connectivity index (χ3v) is 6.51. The minimum Gasteiger partial charge on any atom is -0.500 e. The molecule has 1 amide bonds. The van der Waals surface area contributed by atoms with E-state index in [1.807, 2.05) is 37.4 Å². The summed E-state index contributed by atoms with van der Waals surface area (Å²) in [6.45, 7) is 3.71. The lowest BCUT2D eigenvalue weighted by atomic mass is 9.91. The number of carbonyl (C=O) groups excluding carboxylic acids is 2. The van der Waals surface area contributed by atoms with E-state index >= 15 is 0 Å². The van der Waals surface area contributed by atoms with Crippen LogP contribution in [0.1, 0.15) is 41.4 Å². The van der Waals surface area contributed by atoms with Gasteiger partial charge in [-0.15, -0.1) is 0 Å². The molecule has 0 radical (unpaired) electrons. The van der Waals surface area contributed by atoms with Crippen LogP contribution in [0.5, 0.6) is 0 Å². The van der Waals surface area contributed by atoms with Crippen molar-refractivity contribution in [1.29, 1.82) is 0 Å². The zero-order valence-corrected chi connectivity index (χ0v) is 18.0. The van der Waals surface area contributed by atoms with Crippen LogP contribution in [0.4, 0.5) is 0 Å². The number of amides is 1. The number of benzene rings is 2. The SMILES string of the molecule is CC[N+]1(CCc2c[nH]c3ccccc23)C(=O)C(O)=C(C(C)=O)C1c1ccccc1C(=O)O. The Morgan fingerprint density at radius 1 is 1.09 bits per heavy atom. The van der Waals surface area contributed by atoms with Gasteiger partial charge in [-0.05, 0) is 31.5 Å². The number of quaternary nitrogens is 1. The first-order valence-electron chi connectivity index (χ1n) is 10.5. The Kier molecular flexibility index (Phi) is 5.44. The summed E-state index contributed by atoms with van der Waals surface area (Å²) in [4.78, 5) is 41.1. The molecule has 1 aromatic heterocycles. The summed E-state index contributed by atoms with van der Waals surface area (Å²) >= 11 is 0. The van der Waals surface area contributed by atoms with Crippen molar-refractivity contribution >= 4 is 28.6 Å². The molecule has 0 aliphatic carbocycles. The van der Waals surface area contributed by atoms with E-state index < -0.39 is 29.5 Å². The van der Waals surface area contributed by atoms with Gasteiger partial charge in [0.2, 0.25) is 5.76 Å². The Bertz CT molecular complexity index is 1270. The molecular weight excluding hydrogens is 408 g/mol. The number of hydrogen-bond acceptors (Lipinski definition) is 4. The Morgan fingerprint density at radius 3 is 2.47 bits per heavy atom. The van der Waals surface area contributed by atoms with E-state index in [4.69, 9.17) is 0 Å². The molecule has 0 spiro atoms. The first-order chi connectivity index (χ1) is 15.3. The molecule has 2 atom stereocenters. The highest BCUT2D eigenvalue weighted by molar-refractivity contribution is 6.05. The fourth-order valence-corrected chi connectivity index (χ4v) is 4.90. The summed E-state index contributed by atoms with van der Waals surface area (Å²) in [6.07, 6.45) is 2.41. The molecule has 7 heteroatoms. The van der Waals surface area contributed by atoms with Gasteiger partial charge in [0.05, 0.1) is 18.7 Å². The molecular formula is C25H25N2O5+. The number of nitrogens with zero attached hydrogens (tertiary/aromatic N) is 1. The number of carboxylic acids is 1. The molecule has 1 aliphatic rings. The van der Waals surface area contributed by atoms with Crippen LogP contribution in [0.25, 0.3) is 10.9 Å². The number of Topliss-reactive ketones (excluding diaryl/α,β-unsaturated/α-hetero) is 1. The summed E-state index contributed by atoms with van der Waals surface area (Å²) in [5.74, 6) is -2.71. The Labute approximate surface area is 185 Å². The van der Waals surface area contributed by atoms with Crippen molar-refractivity contribution in [2.45, 2.75) is 26.3 Å². The molecule has 0 fully saturated rings. The number of aliphatic hydroxyl groups excluding tert-OH is 1.